The molecule has 8 heteroatoms. The maximum absolute atomic E-state index is 13.4. The zero-order chi connectivity index (χ0) is 19.0. The van der Waals surface area contributed by atoms with Gasteiger partial charge in [-0.05, 0) is 31.0 Å². The number of benzene rings is 1. The second kappa shape index (κ2) is 7.22. The fourth-order valence-corrected chi connectivity index (χ4v) is 3.49. The van der Waals surface area contributed by atoms with Crippen molar-refractivity contribution in [3.8, 4) is 0 Å². The summed E-state index contributed by atoms with van der Waals surface area (Å²) >= 11 is 0. The van der Waals surface area contributed by atoms with Crippen LogP contribution >= 0.6 is 0 Å². The van der Waals surface area contributed by atoms with Crippen LogP contribution in [-0.4, -0.2) is 50.6 Å². The van der Waals surface area contributed by atoms with E-state index < -0.39 is 41.9 Å². The van der Waals surface area contributed by atoms with Gasteiger partial charge in [0.25, 0.3) is 0 Å². The molecule has 1 heterocycles. The van der Waals surface area contributed by atoms with Crippen molar-refractivity contribution < 1.29 is 24.1 Å². The number of aryl methyl sites for hydroxylation is 1. The van der Waals surface area contributed by atoms with Gasteiger partial charge in [0.1, 0.15) is 18.2 Å². The average molecular weight is 365 g/mol. The Morgan fingerprint density at radius 2 is 1.85 bits per heavy atom. The highest BCUT2D eigenvalue weighted by atomic mass is 19.2. The molecule has 6 nitrogen and oxygen atoms in total. The van der Waals surface area contributed by atoms with E-state index in [9.17, 15) is 24.1 Å². The highest BCUT2D eigenvalue weighted by molar-refractivity contribution is 5.40. The Labute approximate surface area is 149 Å². The van der Waals surface area contributed by atoms with Crippen LogP contribution in [0.25, 0.3) is 0 Å². The molecule has 3 unspecified atom stereocenters. The molecule has 0 bridgehead atoms. The zero-order valence-corrected chi connectivity index (χ0v) is 14.4. The smallest absolute Gasteiger partial charge is 0.159 e. The number of nitrogens with zero attached hydrogens (tertiary/aromatic N) is 3. The van der Waals surface area contributed by atoms with Gasteiger partial charge in [-0.2, -0.15) is 0 Å². The summed E-state index contributed by atoms with van der Waals surface area (Å²) in [5.74, 6) is -2.23. The molecule has 5 atom stereocenters. The van der Waals surface area contributed by atoms with Crippen molar-refractivity contribution >= 4 is 5.82 Å². The molecule has 0 saturated heterocycles. The number of hydrogen-bond acceptors (Lipinski definition) is 6. The molecular weight excluding hydrogens is 344 g/mol. The lowest BCUT2D eigenvalue weighted by molar-refractivity contribution is -0.0232. The quantitative estimate of drug-likeness (QED) is 0.758. The minimum absolute atomic E-state index is 0.154. The van der Waals surface area contributed by atoms with Crippen LogP contribution < -0.4 is 4.90 Å². The van der Waals surface area contributed by atoms with E-state index in [0.717, 1.165) is 17.8 Å². The predicted molar refractivity (Wildman–Crippen MR) is 90.4 cm³/mol. The summed E-state index contributed by atoms with van der Waals surface area (Å²) in [6.07, 6.45) is -1.91. The highest BCUT2D eigenvalue weighted by Gasteiger charge is 2.46. The van der Waals surface area contributed by atoms with E-state index >= 15 is 0 Å². The van der Waals surface area contributed by atoms with Gasteiger partial charge >= 0.3 is 0 Å². The SMILES string of the molecule is Cc1cc(N(C)C2CC(C(O)c3ccc(F)c(F)c3)[C@@H](O)[C@H]2O)ncn1. The molecule has 0 spiro atoms. The van der Waals surface area contributed by atoms with Crippen LogP contribution in [-0.2, 0) is 0 Å². The van der Waals surface area contributed by atoms with Crippen molar-refractivity contribution in [2.45, 2.75) is 37.7 Å². The molecule has 3 N–H and O–H groups in total. The second-order valence-corrected chi connectivity index (χ2v) is 6.69. The van der Waals surface area contributed by atoms with Crippen molar-refractivity contribution in [3.05, 3.63) is 53.5 Å². The molecular formula is C18H21F2N3O3. The van der Waals surface area contributed by atoms with Crippen LogP contribution in [0.5, 0.6) is 0 Å². The van der Waals surface area contributed by atoms with E-state index in [1.807, 2.05) is 6.92 Å². The number of rotatable bonds is 4. The topological polar surface area (TPSA) is 89.7 Å². The molecule has 1 fully saturated rings. The number of aliphatic hydroxyl groups is 3. The number of aliphatic hydroxyl groups excluding tert-OH is 3. The average Bonchev–Trinajstić information content (AvgIpc) is 2.91. The first kappa shape index (κ1) is 18.6. The molecule has 0 aliphatic heterocycles. The number of likely N-dealkylation sites (N-methyl/N-ethyl adjacent to an activating group) is 1. The zero-order valence-electron chi connectivity index (χ0n) is 14.4. The van der Waals surface area contributed by atoms with Crippen molar-refractivity contribution in [2.75, 3.05) is 11.9 Å². The maximum Gasteiger partial charge on any atom is 0.159 e. The Morgan fingerprint density at radius 1 is 1.12 bits per heavy atom. The summed E-state index contributed by atoms with van der Waals surface area (Å²) in [6, 6.07) is 4.36. The van der Waals surface area contributed by atoms with Gasteiger partial charge in [0.05, 0.1) is 18.2 Å². The molecule has 26 heavy (non-hydrogen) atoms. The van der Waals surface area contributed by atoms with Crippen LogP contribution in [0.2, 0.25) is 0 Å². The number of halogens is 2. The summed E-state index contributed by atoms with van der Waals surface area (Å²) in [7, 11) is 1.73. The molecule has 0 radical (unpaired) electrons. The highest BCUT2D eigenvalue weighted by Crippen LogP contribution is 2.39. The third kappa shape index (κ3) is 3.40. The monoisotopic (exact) mass is 365 g/mol. The fraction of sp³-hybridized carbons (Fsp3) is 0.444. The molecule has 1 aliphatic carbocycles. The maximum atomic E-state index is 13.4. The molecule has 2 aromatic rings. The largest absolute Gasteiger partial charge is 0.390 e. The Balaban J connectivity index is 1.81. The van der Waals surface area contributed by atoms with Crippen LogP contribution in [0.3, 0.4) is 0 Å². The van der Waals surface area contributed by atoms with Gasteiger partial charge in [-0.3, -0.25) is 0 Å². The predicted octanol–water partition coefficient (Wildman–Crippen LogP) is 1.34. The van der Waals surface area contributed by atoms with Crippen LogP contribution in [0.1, 0.15) is 23.8 Å². The number of hydrogen-bond donors (Lipinski definition) is 3. The Hall–Kier alpha value is -2.16. The minimum atomic E-state index is -1.24. The van der Waals surface area contributed by atoms with Gasteiger partial charge in [0.2, 0.25) is 0 Å². The van der Waals surface area contributed by atoms with Gasteiger partial charge in [-0.15, -0.1) is 0 Å². The Bertz CT molecular complexity index is 792. The van der Waals surface area contributed by atoms with Crippen molar-refractivity contribution in [1.82, 2.24) is 9.97 Å². The summed E-state index contributed by atoms with van der Waals surface area (Å²) in [6.45, 7) is 1.81. The fourth-order valence-electron chi connectivity index (χ4n) is 3.49. The summed E-state index contributed by atoms with van der Waals surface area (Å²) in [5, 5.41) is 31.4. The van der Waals surface area contributed by atoms with E-state index in [1.165, 1.54) is 12.4 Å². The lowest BCUT2D eigenvalue weighted by Gasteiger charge is -2.28. The third-order valence-corrected chi connectivity index (χ3v) is 5.04. The van der Waals surface area contributed by atoms with E-state index in [0.29, 0.717) is 5.82 Å². The first-order chi connectivity index (χ1) is 12.3. The third-order valence-electron chi connectivity index (χ3n) is 5.04. The first-order valence-electron chi connectivity index (χ1n) is 8.30. The van der Waals surface area contributed by atoms with Crippen LogP contribution in [0.15, 0.2) is 30.6 Å². The Morgan fingerprint density at radius 3 is 2.50 bits per heavy atom. The van der Waals surface area contributed by atoms with E-state index in [4.69, 9.17) is 0 Å². The molecule has 0 amide bonds. The van der Waals surface area contributed by atoms with E-state index in [2.05, 4.69) is 9.97 Å². The van der Waals surface area contributed by atoms with Gasteiger partial charge in [-0.25, -0.2) is 18.7 Å². The van der Waals surface area contributed by atoms with Gasteiger partial charge in [0.15, 0.2) is 11.6 Å². The lowest BCUT2D eigenvalue weighted by Crippen LogP contribution is -2.41. The van der Waals surface area contributed by atoms with Crippen molar-refractivity contribution in [2.24, 2.45) is 5.92 Å². The molecule has 1 aromatic carbocycles. The second-order valence-electron chi connectivity index (χ2n) is 6.69. The summed E-state index contributed by atoms with van der Waals surface area (Å²) in [5.41, 5.74) is 0.912. The molecule has 3 rings (SSSR count). The van der Waals surface area contributed by atoms with Gasteiger partial charge < -0.3 is 20.2 Å². The lowest BCUT2D eigenvalue weighted by atomic mass is 9.92. The molecule has 1 aliphatic rings. The number of anilines is 1. The summed E-state index contributed by atoms with van der Waals surface area (Å²) in [4.78, 5) is 9.91. The van der Waals surface area contributed by atoms with E-state index in [1.54, 1.807) is 18.0 Å². The van der Waals surface area contributed by atoms with Crippen LogP contribution in [0, 0.1) is 24.5 Å². The summed E-state index contributed by atoms with van der Waals surface area (Å²) < 4.78 is 26.5. The standard InChI is InChI=1S/C18H21F2N3O3/c1-9-5-15(22-8-21-9)23(2)14-7-11(17(25)18(14)26)16(24)10-3-4-12(19)13(20)6-10/h3-6,8,11,14,16-18,24-26H,7H2,1-2H3/t11?,14?,16?,17-,18+/m1/s1. The van der Waals surface area contributed by atoms with Gasteiger partial charge in [-0.1, -0.05) is 6.07 Å². The van der Waals surface area contributed by atoms with E-state index in [-0.39, 0.29) is 12.0 Å². The minimum Gasteiger partial charge on any atom is -0.390 e. The van der Waals surface area contributed by atoms with Crippen LogP contribution in [0.4, 0.5) is 14.6 Å². The first-order valence-corrected chi connectivity index (χ1v) is 8.30. The van der Waals surface area contributed by atoms with Crippen molar-refractivity contribution in [3.63, 3.8) is 0 Å². The Kier molecular flexibility index (Phi) is 5.17. The molecule has 140 valence electrons. The van der Waals surface area contributed by atoms with Crippen molar-refractivity contribution in [1.29, 1.82) is 0 Å². The number of aromatic nitrogens is 2. The molecule has 1 saturated carbocycles. The molecule has 1 aromatic heterocycles. The van der Waals surface area contributed by atoms with Gasteiger partial charge in [0, 0.05) is 24.7 Å². The normalized spacial score (nSPS) is 26.7.